The van der Waals surface area contributed by atoms with Crippen molar-refractivity contribution in [3.05, 3.63) is 71.7 Å². The van der Waals surface area contributed by atoms with E-state index in [9.17, 15) is 4.79 Å². The van der Waals surface area contributed by atoms with E-state index in [4.69, 9.17) is 27.6 Å². The van der Waals surface area contributed by atoms with E-state index in [2.05, 4.69) is 47.1 Å². The second kappa shape index (κ2) is 13.5. The van der Waals surface area contributed by atoms with Crippen LogP contribution in [-0.4, -0.2) is 73.3 Å². The Balaban J connectivity index is 1.40. The van der Waals surface area contributed by atoms with Crippen molar-refractivity contribution in [3.8, 4) is 5.75 Å². The number of nitrogens with zero attached hydrogens (tertiary/aromatic N) is 5. The number of carbonyl (C=O) groups excluding carboxylic acids is 1. The van der Waals surface area contributed by atoms with Gasteiger partial charge in [0.15, 0.2) is 5.82 Å². The largest absolute Gasteiger partial charge is 0.494 e. The molecule has 12 heteroatoms. The van der Waals surface area contributed by atoms with E-state index in [1.54, 1.807) is 25.3 Å². The van der Waals surface area contributed by atoms with Gasteiger partial charge in [-0.2, -0.15) is 4.98 Å². The molecule has 1 aromatic heterocycles. The van der Waals surface area contributed by atoms with Crippen molar-refractivity contribution in [1.82, 2.24) is 14.9 Å². The van der Waals surface area contributed by atoms with Crippen molar-refractivity contribution in [1.29, 1.82) is 0 Å². The Kier molecular flexibility index (Phi) is 9.38. The van der Waals surface area contributed by atoms with Crippen molar-refractivity contribution >= 4 is 57.7 Å². The van der Waals surface area contributed by atoms with E-state index in [-0.39, 0.29) is 11.9 Å². The van der Waals surface area contributed by atoms with Crippen LogP contribution in [0, 0.1) is 6.57 Å². The van der Waals surface area contributed by atoms with E-state index < -0.39 is 0 Å². The average Bonchev–Trinajstić information content (AvgIpc) is 3.03. The molecular weight excluding hydrogens is 556 g/mol. The molecule has 3 N–H and O–H groups in total. The summed E-state index contributed by atoms with van der Waals surface area (Å²) in [6, 6.07) is 11.3. The van der Waals surface area contributed by atoms with Crippen LogP contribution in [0.25, 0.3) is 4.85 Å². The molecule has 0 aliphatic carbocycles. The van der Waals surface area contributed by atoms with Crippen LogP contribution in [0.1, 0.15) is 12.8 Å². The smallest absolute Gasteiger partial charge is 0.247 e. The highest BCUT2D eigenvalue weighted by atomic mass is 35.5. The minimum absolute atomic E-state index is 0.251. The third-order valence-electron chi connectivity index (χ3n) is 7.40. The normalized spacial score (nSPS) is 15.9. The molecule has 5 rings (SSSR count). The van der Waals surface area contributed by atoms with E-state index in [1.165, 1.54) is 12.3 Å². The number of morpholine rings is 1. The molecule has 0 atom stereocenters. The Hall–Kier alpha value is -4.37. The van der Waals surface area contributed by atoms with Gasteiger partial charge in [0.05, 0.1) is 50.2 Å². The maximum atomic E-state index is 12.4. The number of hydrogen-bond donors (Lipinski definition) is 3. The van der Waals surface area contributed by atoms with Crippen LogP contribution in [0.3, 0.4) is 0 Å². The fraction of sp³-hybridized carbons (Fsp3) is 0.333. The molecule has 0 bridgehead atoms. The van der Waals surface area contributed by atoms with E-state index in [0.717, 1.165) is 57.9 Å². The summed E-state index contributed by atoms with van der Waals surface area (Å²) >= 11 is 6.38. The zero-order valence-electron chi connectivity index (χ0n) is 23.4. The van der Waals surface area contributed by atoms with Gasteiger partial charge >= 0.3 is 0 Å². The second-order valence-corrected chi connectivity index (χ2v) is 10.3. The molecule has 2 aliphatic heterocycles. The number of ether oxygens (including phenoxy) is 2. The number of nitrogens with one attached hydrogen (secondary N) is 3. The Labute approximate surface area is 250 Å². The van der Waals surface area contributed by atoms with Crippen molar-refractivity contribution in [2.24, 2.45) is 0 Å². The predicted octanol–water partition coefficient (Wildman–Crippen LogP) is 5.60. The maximum Gasteiger partial charge on any atom is 0.247 e. The lowest BCUT2D eigenvalue weighted by molar-refractivity contribution is -0.111. The second-order valence-electron chi connectivity index (χ2n) is 9.90. The molecule has 42 heavy (non-hydrogen) atoms. The van der Waals surface area contributed by atoms with Gasteiger partial charge in [-0.25, -0.2) is 9.83 Å². The lowest BCUT2D eigenvalue weighted by Crippen LogP contribution is -2.49. The van der Waals surface area contributed by atoms with Gasteiger partial charge in [-0.15, -0.1) is 0 Å². The van der Waals surface area contributed by atoms with Gasteiger partial charge in [-0.05, 0) is 31.1 Å². The first-order valence-electron chi connectivity index (χ1n) is 13.7. The van der Waals surface area contributed by atoms with Gasteiger partial charge < -0.3 is 30.3 Å². The van der Waals surface area contributed by atoms with Crippen molar-refractivity contribution in [2.75, 3.05) is 67.4 Å². The van der Waals surface area contributed by atoms with Gasteiger partial charge in [-0.3, -0.25) is 9.69 Å². The number of rotatable bonds is 9. The zero-order chi connectivity index (χ0) is 29.5. The summed E-state index contributed by atoms with van der Waals surface area (Å²) in [4.78, 5) is 29.6. The lowest BCUT2D eigenvalue weighted by atomic mass is 10.0. The van der Waals surface area contributed by atoms with Crippen LogP contribution in [0.2, 0.25) is 5.02 Å². The summed E-state index contributed by atoms with van der Waals surface area (Å²) in [6.07, 6.45) is 4.75. The fourth-order valence-electron chi connectivity index (χ4n) is 5.24. The highest BCUT2D eigenvalue weighted by molar-refractivity contribution is 6.33. The number of amides is 1. The molecule has 2 fully saturated rings. The number of anilines is 6. The first kappa shape index (κ1) is 29.1. The van der Waals surface area contributed by atoms with Gasteiger partial charge in [-0.1, -0.05) is 36.4 Å². The molecule has 2 aliphatic rings. The van der Waals surface area contributed by atoms with Crippen LogP contribution in [0.15, 0.2) is 55.3 Å². The number of methoxy groups -OCH3 is 1. The third-order valence-corrected chi connectivity index (χ3v) is 7.67. The third kappa shape index (κ3) is 6.74. The monoisotopic (exact) mass is 588 g/mol. The molecule has 2 saturated heterocycles. The van der Waals surface area contributed by atoms with E-state index in [0.29, 0.717) is 45.4 Å². The molecule has 2 aromatic carbocycles. The van der Waals surface area contributed by atoms with E-state index >= 15 is 0 Å². The first-order chi connectivity index (χ1) is 20.5. The molecule has 3 aromatic rings. The number of halogens is 1. The molecule has 0 unspecified atom stereocenters. The summed E-state index contributed by atoms with van der Waals surface area (Å²) in [7, 11) is 1.59. The Morgan fingerprint density at radius 3 is 2.62 bits per heavy atom. The van der Waals surface area contributed by atoms with Crippen molar-refractivity contribution in [2.45, 2.75) is 18.9 Å². The van der Waals surface area contributed by atoms with Crippen LogP contribution in [0.5, 0.6) is 5.75 Å². The number of para-hydroxylation sites is 2. The molecule has 3 heterocycles. The summed E-state index contributed by atoms with van der Waals surface area (Å²) in [6.45, 7) is 16.2. The zero-order valence-corrected chi connectivity index (χ0v) is 24.2. The van der Waals surface area contributed by atoms with E-state index in [1.807, 2.05) is 18.2 Å². The van der Waals surface area contributed by atoms with Crippen LogP contribution in [-0.2, 0) is 9.53 Å². The number of carbonyl (C=O) groups is 1. The van der Waals surface area contributed by atoms with Crippen LogP contribution >= 0.6 is 11.6 Å². The molecule has 0 spiro atoms. The number of aromatic nitrogens is 2. The molecule has 1 amide bonds. The summed E-state index contributed by atoms with van der Waals surface area (Å²) < 4.78 is 11.3. The minimum atomic E-state index is -0.316. The predicted molar refractivity (Wildman–Crippen MR) is 166 cm³/mol. The standard InChI is InChI=1S/C30H33ClN8O3/c1-4-28(40)34-24-17-25(36-30-33-19-21(31)29(37-30)35-23-8-6-5-7-22(23)32-2)27(41-3)18-26(24)39-11-9-20(10-12-39)38-13-15-42-16-14-38/h4-8,17-20H,1,9-16H2,3H3,(H,34,40)(H2,33,35,36,37). The number of benzene rings is 2. The van der Waals surface area contributed by atoms with Crippen molar-refractivity contribution < 1.29 is 14.3 Å². The number of piperidine rings is 1. The average molecular weight is 589 g/mol. The van der Waals surface area contributed by atoms with Crippen LogP contribution < -0.4 is 25.6 Å². The van der Waals surface area contributed by atoms with Gasteiger partial charge in [0, 0.05) is 44.0 Å². The van der Waals surface area contributed by atoms with Crippen LogP contribution in [0.4, 0.5) is 40.2 Å². The van der Waals surface area contributed by atoms with Gasteiger partial charge in [0.25, 0.3) is 0 Å². The Morgan fingerprint density at radius 2 is 1.90 bits per heavy atom. The first-order valence-corrected chi connectivity index (χ1v) is 14.1. The minimum Gasteiger partial charge on any atom is -0.494 e. The van der Waals surface area contributed by atoms with Crippen molar-refractivity contribution in [3.63, 3.8) is 0 Å². The number of hydrogen-bond acceptors (Lipinski definition) is 9. The van der Waals surface area contributed by atoms with Gasteiger partial charge in [0.2, 0.25) is 17.5 Å². The summed E-state index contributed by atoms with van der Waals surface area (Å²) in [5.41, 5.74) is 3.05. The highest BCUT2D eigenvalue weighted by Gasteiger charge is 2.28. The quantitative estimate of drug-likeness (QED) is 0.217. The Bertz CT molecular complexity index is 1480. The highest BCUT2D eigenvalue weighted by Crippen LogP contribution is 2.40. The topological polar surface area (TPSA) is 108 Å². The Morgan fingerprint density at radius 1 is 1.14 bits per heavy atom. The molecule has 218 valence electrons. The maximum absolute atomic E-state index is 12.4. The molecule has 11 nitrogen and oxygen atoms in total. The summed E-state index contributed by atoms with van der Waals surface area (Å²) in [5.74, 6) is 0.830. The summed E-state index contributed by atoms with van der Waals surface area (Å²) in [5, 5.41) is 9.56. The molecular formula is C30H33ClN8O3. The fourth-order valence-corrected chi connectivity index (χ4v) is 5.37. The molecule has 0 radical (unpaired) electrons. The molecule has 0 saturated carbocycles. The SMILES string of the molecule is [C-]#[N+]c1ccccc1Nc1nc(Nc2cc(NC(=O)C=C)c(N3CCC(N4CCOCC4)CC3)cc2OC)ncc1Cl. The van der Waals surface area contributed by atoms with Gasteiger partial charge in [0.1, 0.15) is 10.8 Å². The lowest BCUT2D eigenvalue weighted by Gasteiger charge is -2.41.